The highest BCUT2D eigenvalue weighted by atomic mass is 16.4. The molecule has 1 fully saturated rings. The van der Waals surface area contributed by atoms with Gasteiger partial charge >= 0.3 is 5.97 Å². The van der Waals surface area contributed by atoms with E-state index >= 15 is 0 Å². The standard InChI is InChI=1S/C12H19NO3/c1-2-3-11(14)13-8-9-4-6-10(7-5-9)12(15)16/h2-3,9-10H,4-8H2,1H3,(H,13,14)(H,15,16). The number of carbonyl (C=O) groups is 2. The summed E-state index contributed by atoms with van der Waals surface area (Å²) in [5.74, 6) is -0.494. The van der Waals surface area contributed by atoms with Gasteiger partial charge in [0.2, 0.25) is 5.91 Å². The van der Waals surface area contributed by atoms with Crippen molar-refractivity contribution in [1.82, 2.24) is 5.32 Å². The van der Waals surface area contributed by atoms with Crippen molar-refractivity contribution in [3.8, 4) is 0 Å². The number of carboxylic acid groups (broad SMARTS) is 1. The maximum absolute atomic E-state index is 11.2. The van der Waals surface area contributed by atoms with Crippen molar-refractivity contribution in [3.05, 3.63) is 12.2 Å². The summed E-state index contributed by atoms with van der Waals surface area (Å²) in [6.07, 6.45) is 6.47. The van der Waals surface area contributed by atoms with Crippen LogP contribution in [0, 0.1) is 11.8 Å². The van der Waals surface area contributed by atoms with Crippen molar-refractivity contribution in [1.29, 1.82) is 0 Å². The summed E-state index contributed by atoms with van der Waals surface area (Å²) in [6, 6.07) is 0. The van der Waals surface area contributed by atoms with E-state index in [4.69, 9.17) is 5.11 Å². The molecule has 0 aromatic carbocycles. The van der Waals surface area contributed by atoms with Gasteiger partial charge in [-0.25, -0.2) is 0 Å². The molecule has 0 aromatic rings. The summed E-state index contributed by atoms with van der Waals surface area (Å²) in [4.78, 5) is 21.9. The predicted octanol–water partition coefficient (Wildman–Crippen LogP) is 1.57. The van der Waals surface area contributed by atoms with E-state index in [1.807, 2.05) is 0 Å². The van der Waals surface area contributed by atoms with Gasteiger partial charge in [0.05, 0.1) is 5.92 Å². The lowest BCUT2D eigenvalue weighted by atomic mass is 9.82. The molecule has 4 nitrogen and oxygen atoms in total. The molecule has 0 spiro atoms. The average Bonchev–Trinajstić information content (AvgIpc) is 2.27. The molecule has 2 N–H and O–H groups in total. The van der Waals surface area contributed by atoms with Crippen LogP contribution in [0.5, 0.6) is 0 Å². The Bertz CT molecular complexity index is 278. The summed E-state index contributed by atoms with van der Waals surface area (Å²) in [5.41, 5.74) is 0. The van der Waals surface area contributed by atoms with E-state index in [0.717, 1.165) is 25.7 Å². The number of carboxylic acids is 1. The zero-order valence-corrected chi connectivity index (χ0v) is 9.61. The first-order valence-electron chi connectivity index (χ1n) is 5.76. The van der Waals surface area contributed by atoms with Crippen molar-refractivity contribution in [3.63, 3.8) is 0 Å². The fourth-order valence-corrected chi connectivity index (χ4v) is 2.07. The maximum atomic E-state index is 11.2. The van der Waals surface area contributed by atoms with E-state index in [9.17, 15) is 9.59 Å². The fraction of sp³-hybridized carbons (Fsp3) is 0.667. The highest BCUT2D eigenvalue weighted by Crippen LogP contribution is 2.28. The Morgan fingerprint density at radius 2 is 1.94 bits per heavy atom. The molecule has 1 saturated carbocycles. The highest BCUT2D eigenvalue weighted by molar-refractivity contribution is 5.87. The minimum Gasteiger partial charge on any atom is -0.481 e. The number of hydrogen-bond acceptors (Lipinski definition) is 2. The van der Waals surface area contributed by atoms with E-state index < -0.39 is 5.97 Å². The van der Waals surface area contributed by atoms with Gasteiger partial charge in [0.15, 0.2) is 0 Å². The number of rotatable bonds is 4. The van der Waals surface area contributed by atoms with Crippen LogP contribution in [0.2, 0.25) is 0 Å². The van der Waals surface area contributed by atoms with Crippen molar-refractivity contribution < 1.29 is 14.7 Å². The third kappa shape index (κ3) is 4.04. The van der Waals surface area contributed by atoms with Crippen LogP contribution in [-0.4, -0.2) is 23.5 Å². The molecule has 1 amide bonds. The molecule has 0 heterocycles. The van der Waals surface area contributed by atoms with Gasteiger partial charge in [0.25, 0.3) is 0 Å². The summed E-state index contributed by atoms with van der Waals surface area (Å²) in [7, 11) is 0. The third-order valence-corrected chi connectivity index (χ3v) is 3.08. The Morgan fingerprint density at radius 1 is 1.31 bits per heavy atom. The molecule has 0 bridgehead atoms. The maximum Gasteiger partial charge on any atom is 0.306 e. The van der Waals surface area contributed by atoms with Crippen LogP contribution >= 0.6 is 0 Å². The van der Waals surface area contributed by atoms with E-state index in [1.54, 1.807) is 13.0 Å². The molecule has 0 atom stereocenters. The molecular formula is C12H19NO3. The molecule has 90 valence electrons. The van der Waals surface area contributed by atoms with Crippen LogP contribution in [0.4, 0.5) is 0 Å². The van der Waals surface area contributed by atoms with E-state index in [-0.39, 0.29) is 11.8 Å². The first kappa shape index (κ1) is 12.7. The lowest BCUT2D eigenvalue weighted by molar-refractivity contribution is -0.143. The van der Waals surface area contributed by atoms with Crippen LogP contribution in [0.15, 0.2) is 12.2 Å². The molecule has 0 aromatic heterocycles. The number of hydrogen-bond donors (Lipinski definition) is 2. The summed E-state index contributed by atoms with van der Waals surface area (Å²) < 4.78 is 0. The van der Waals surface area contributed by atoms with Gasteiger partial charge in [-0.05, 0) is 44.6 Å². The number of carbonyl (C=O) groups excluding carboxylic acids is 1. The molecule has 0 saturated heterocycles. The van der Waals surface area contributed by atoms with Gasteiger partial charge < -0.3 is 10.4 Å². The Hall–Kier alpha value is -1.32. The van der Waals surface area contributed by atoms with Crippen molar-refractivity contribution in [2.45, 2.75) is 32.6 Å². The van der Waals surface area contributed by atoms with Gasteiger partial charge in [0, 0.05) is 6.54 Å². The van der Waals surface area contributed by atoms with Crippen molar-refractivity contribution in [2.75, 3.05) is 6.54 Å². The Labute approximate surface area is 95.7 Å². The fourth-order valence-electron chi connectivity index (χ4n) is 2.07. The zero-order valence-electron chi connectivity index (χ0n) is 9.61. The lowest BCUT2D eigenvalue weighted by Gasteiger charge is -2.25. The second-order valence-corrected chi connectivity index (χ2v) is 4.30. The monoisotopic (exact) mass is 225 g/mol. The van der Waals surface area contributed by atoms with E-state index in [1.165, 1.54) is 6.08 Å². The average molecular weight is 225 g/mol. The minimum absolute atomic E-state index is 0.0668. The van der Waals surface area contributed by atoms with Crippen LogP contribution < -0.4 is 5.32 Å². The van der Waals surface area contributed by atoms with Gasteiger partial charge in [-0.15, -0.1) is 0 Å². The first-order chi connectivity index (χ1) is 7.63. The summed E-state index contributed by atoms with van der Waals surface area (Å²) in [6.45, 7) is 2.47. The van der Waals surface area contributed by atoms with Crippen LogP contribution in [0.25, 0.3) is 0 Å². The second-order valence-electron chi connectivity index (χ2n) is 4.30. The van der Waals surface area contributed by atoms with E-state index in [2.05, 4.69) is 5.32 Å². The third-order valence-electron chi connectivity index (χ3n) is 3.08. The lowest BCUT2D eigenvalue weighted by Crippen LogP contribution is -2.31. The number of amides is 1. The van der Waals surface area contributed by atoms with Crippen LogP contribution in [0.3, 0.4) is 0 Å². The molecule has 1 aliphatic rings. The predicted molar refractivity (Wildman–Crippen MR) is 60.9 cm³/mol. The topological polar surface area (TPSA) is 66.4 Å². The molecule has 0 unspecified atom stereocenters. The Morgan fingerprint density at radius 3 is 2.44 bits per heavy atom. The molecule has 1 rings (SSSR count). The molecule has 16 heavy (non-hydrogen) atoms. The highest BCUT2D eigenvalue weighted by Gasteiger charge is 2.25. The van der Waals surface area contributed by atoms with E-state index in [0.29, 0.717) is 12.5 Å². The zero-order chi connectivity index (χ0) is 12.0. The number of aliphatic carboxylic acids is 1. The minimum atomic E-state index is -0.684. The normalized spacial score (nSPS) is 25.6. The smallest absolute Gasteiger partial charge is 0.306 e. The van der Waals surface area contributed by atoms with Gasteiger partial charge in [-0.3, -0.25) is 9.59 Å². The summed E-state index contributed by atoms with van der Waals surface area (Å²) in [5, 5.41) is 11.7. The summed E-state index contributed by atoms with van der Waals surface area (Å²) >= 11 is 0. The van der Waals surface area contributed by atoms with Gasteiger partial charge in [-0.1, -0.05) is 6.08 Å². The Kier molecular flexibility index (Phi) is 5.02. The first-order valence-corrected chi connectivity index (χ1v) is 5.76. The molecule has 0 radical (unpaired) electrons. The second kappa shape index (κ2) is 6.30. The quantitative estimate of drug-likeness (QED) is 0.714. The SMILES string of the molecule is CC=CC(=O)NCC1CCC(C(=O)O)CC1. The molecule has 4 heteroatoms. The van der Waals surface area contributed by atoms with Crippen LogP contribution in [-0.2, 0) is 9.59 Å². The Balaban J connectivity index is 2.22. The molecule has 1 aliphatic carbocycles. The van der Waals surface area contributed by atoms with Crippen molar-refractivity contribution >= 4 is 11.9 Å². The molecular weight excluding hydrogens is 206 g/mol. The van der Waals surface area contributed by atoms with Crippen LogP contribution in [0.1, 0.15) is 32.6 Å². The largest absolute Gasteiger partial charge is 0.481 e. The number of nitrogens with one attached hydrogen (secondary N) is 1. The van der Waals surface area contributed by atoms with Crippen molar-refractivity contribution in [2.24, 2.45) is 11.8 Å². The van der Waals surface area contributed by atoms with Gasteiger partial charge in [0.1, 0.15) is 0 Å². The van der Waals surface area contributed by atoms with Gasteiger partial charge in [-0.2, -0.15) is 0 Å². The molecule has 0 aliphatic heterocycles. The number of allylic oxidation sites excluding steroid dienone is 1.